The van der Waals surface area contributed by atoms with Gasteiger partial charge in [0.15, 0.2) is 0 Å². The molecule has 0 atom stereocenters. The van der Waals surface area contributed by atoms with Crippen LogP contribution in [0.5, 0.6) is 0 Å². The number of rotatable bonds is 4. The average molecular weight is 352 g/mol. The lowest BCUT2D eigenvalue weighted by molar-refractivity contribution is 0.0234. The molecule has 1 aromatic carbocycles. The Balaban J connectivity index is 1.52. The summed E-state index contributed by atoms with van der Waals surface area (Å²) in [5.74, 6) is 0. The molecule has 0 radical (unpaired) electrons. The van der Waals surface area contributed by atoms with Gasteiger partial charge in [-0.15, -0.1) is 0 Å². The second-order valence-electron chi connectivity index (χ2n) is 5.67. The first kappa shape index (κ1) is 16.4. The molecule has 1 aliphatic heterocycles. The van der Waals surface area contributed by atoms with Gasteiger partial charge in [-0.3, -0.25) is 4.98 Å². The van der Waals surface area contributed by atoms with E-state index in [1.807, 2.05) is 18.2 Å². The average Bonchev–Trinajstić information content (AvgIpc) is 2.54. The number of benzene rings is 1. The number of piperidine rings is 1. The van der Waals surface area contributed by atoms with Crippen molar-refractivity contribution in [1.29, 1.82) is 0 Å². The smallest absolute Gasteiger partial charge is 0.0892 e. The number of pyridine rings is 1. The molecule has 0 saturated carbocycles. The fraction of sp³-hybridized carbons (Fsp3) is 0.353. The van der Waals surface area contributed by atoms with Gasteiger partial charge < -0.3 is 15.4 Å². The minimum absolute atomic E-state index is 0.236. The van der Waals surface area contributed by atoms with E-state index in [2.05, 4.69) is 9.88 Å². The second kappa shape index (κ2) is 7.39. The van der Waals surface area contributed by atoms with Crippen LogP contribution < -0.4 is 10.6 Å². The van der Waals surface area contributed by atoms with Gasteiger partial charge in [0.2, 0.25) is 0 Å². The van der Waals surface area contributed by atoms with Crippen molar-refractivity contribution in [1.82, 2.24) is 4.98 Å². The Hall–Kier alpha value is -1.49. The third-order valence-corrected chi connectivity index (χ3v) is 4.54. The predicted molar refractivity (Wildman–Crippen MR) is 95.1 cm³/mol. The lowest BCUT2D eigenvalue weighted by Crippen LogP contribution is -2.37. The molecule has 1 saturated heterocycles. The maximum absolute atomic E-state index is 6.28. The number of ether oxygens (including phenoxy) is 1. The summed E-state index contributed by atoms with van der Waals surface area (Å²) in [6.45, 7) is 2.32. The molecule has 23 heavy (non-hydrogen) atoms. The molecule has 4 nitrogen and oxygen atoms in total. The topological polar surface area (TPSA) is 51.4 Å². The molecule has 1 aliphatic rings. The van der Waals surface area contributed by atoms with Crippen molar-refractivity contribution in [2.75, 3.05) is 23.7 Å². The molecule has 3 rings (SSSR count). The molecule has 0 unspecified atom stereocenters. The monoisotopic (exact) mass is 351 g/mol. The molecule has 2 heterocycles. The van der Waals surface area contributed by atoms with Crippen molar-refractivity contribution in [3.63, 3.8) is 0 Å². The summed E-state index contributed by atoms with van der Waals surface area (Å²) in [5, 5.41) is 1.39. The number of nitrogens with two attached hydrogens (primary N) is 1. The van der Waals surface area contributed by atoms with Crippen molar-refractivity contribution < 1.29 is 4.74 Å². The van der Waals surface area contributed by atoms with Gasteiger partial charge in [-0.2, -0.15) is 0 Å². The quantitative estimate of drug-likeness (QED) is 0.840. The van der Waals surface area contributed by atoms with Crippen molar-refractivity contribution in [2.45, 2.75) is 25.6 Å². The van der Waals surface area contributed by atoms with Crippen LogP contribution in [0.1, 0.15) is 18.5 Å². The molecule has 1 aromatic heterocycles. The Kier molecular flexibility index (Phi) is 5.26. The number of hydrogen-bond donors (Lipinski definition) is 1. The van der Waals surface area contributed by atoms with Gasteiger partial charge in [0.1, 0.15) is 0 Å². The third kappa shape index (κ3) is 4.28. The van der Waals surface area contributed by atoms with Gasteiger partial charge in [-0.05, 0) is 43.2 Å². The molecule has 0 bridgehead atoms. The lowest BCUT2D eigenvalue weighted by atomic mass is 10.1. The number of aromatic nitrogens is 1. The van der Waals surface area contributed by atoms with Gasteiger partial charge in [0.25, 0.3) is 0 Å². The van der Waals surface area contributed by atoms with E-state index in [-0.39, 0.29) is 6.10 Å². The Bertz CT molecular complexity index is 673. The standard InChI is InChI=1S/C17H19Cl2N3O/c18-12-3-6-21-14(9-12)11-23-15-4-7-22(8-5-15)17-2-1-13(20)10-16(17)19/h1-3,6,9-10,15H,4-5,7-8,11,20H2. The van der Waals surface area contributed by atoms with E-state index < -0.39 is 0 Å². The zero-order chi connectivity index (χ0) is 16.2. The molecule has 2 aromatic rings. The molecular weight excluding hydrogens is 333 g/mol. The fourth-order valence-electron chi connectivity index (χ4n) is 2.77. The predicted octanol–water partition coefficient (Wildman–Crippen LogP) is 4.16. The molecule has 6 heteroatoms. The van der Waals surface area contributed by atoms with E-state index in [1.54, 1.807) is 18.3 Å². The maximum Gasteiger partial charge on any atom is 0.0892 e. The summed E-state index contributed by atoms with van der Waals surface area (Å²) in [5.41, 5.74) is 8.33. The van der Waals surface area contributed by atoms with Crippen LogP contribution in [0.2, 0.25) is 10.0 Å². The first-order chi connectivity index (χ1) is 11.1. The first-order valence-corrected chi connectivity index (χ1v) is 8.39. The molecule has 2 N–H and O–H groups in total. The third-order valence-electron chi connectivity index (χ3n) is 4.00. The lowest BCUT2D eigenvalue weighted by Gasteiger charge is -2.34. The van der Waals surface area contributed by atoms with E-state index in [0.29, 0.717) is 22.3 Å². The minimum Gasteiger partial charge on any atom is -0.399 e. The molecular formula is C17H19Cl2N3O. The molecule has 0 aliphatic carbocycles. The van der Waals surface area contributed by atoms with Crippen LogP contribution >= 0.6 is 23.2 Å². The van der Waals surface area contributed by atoms with Crippen LogP contribution in [0.25, 0.3) is 0 Å². The van der Waals surface area contributed by atoms with Crippen LogP contribution in [-0.2, 0) is 11.3 Å². The van der Waals surface area contributed by atoms with Crippen LogP contribution in [0.4, 0.5) is 11.4 Å². The van der Waals surface area contributed by atoms with Crippen molar-refractivity contribution in [2.24, 2.45) is 0 Å². The van der Waals surface area contributed by atoms with E-state index in [9.17, 15) is 0 Å². The summed E-state index contributed by atoms with van der Waals surface area (Å²) in [4.78, 5) is 6.53. The highest BCUT2D eigenvalue weighted by Crippen LogP contribution is 2.30. The second-order valence-corrected chi connectivity index (χ2v) is 6.52. The maximum atomic E-state index is 6.28. The van der Waals surface area contributed by atoms with Crippen LogP contribution in [0.15, 0.2) is 36.5 Å². The van der Waals surface area contributed by atoms with Gasteiger partial charge in [0, 0.05) is 30.0 Å². The molecule has 0 amide bonds. The van der Waals surface area contributed by atoms with E-state index in [1.165, 1.54) is 0 Å². The summed E-state index contributed by atoms with van der Waals surface area (Å²) in [6, 6.07) is 9.26. The number of nitrogen functional groups attached to an aromatic ring is 1. The molecule has 122 valence electrons. The summed E-state index contributed by atoms with van der Waals surface area (Å²) < 4.78 is 5.96. The Morgan fingerprint density at radius 2 is 1.96 bits per heavy atom. The van der Waals surface area contributed by atoms with Gasteiger partial charge in [-0.25, -0.2) is 0 Å². The summed E-state index contributed by atoms with van der Waals surface area (Å²) in [7, 11) is 0. The van der Waals surface area contributed by atoms with Crippen molar-refractivity contribution >= 4 is 34.6 Å². The highest BCUT2D eigenvalue weighted by Gasteiger charge is 2.21. The van der Waals surface area contributed by atoms with E-state index in [0.717, 1.165) is 37.3 Å². The number of nitrogens with zero attached hydrogens (tertiary/aromatic N) is 2. The zero-order valence-corrected chi connectivity index (χ0v) is 14.2. The number of halogens is 2. The van der Waals surface area contributed by atoms with E-state index >= 15 is 0 Å². The zero-order valence-electron chi connectivity index (χ0n) is 12.7. The first-order valence-electron chi connectivity index (χ1n) is 7.64. The SMILES string of the molecule is Nc1ccc(N2CCC(OCc3cc(Cl)ccn3)CC2)c(Cl)c1. The largest absolute Gasteiger partial charge is 0.399 e. The van der Waals surface area contributed by atoms with Crippen molar-refractivity contribution in [3.8, 4) is 0 Å². The highest BCUT2D eigenvalue weighted by atomic mass is 35.5. The van der Waals surface area contributed by atoms with Gasteiger partial charge >= 0.3 is 0 Å². The van der Waals surface area contributed by atoms with E-state index in [4.69, 9.17) is 33.7 Å². The van der Waals surface area contributed by atoms with Crippen LogP contribution in [0.3, 0.4) is 0 Å². The van der Waals surface area contributed by atoms with Gasteiger partial charge in [0.05, 0.1) is 29.1 Å². The van der Waals surface area contributed by atoms with Crippen LogP contribution in [0, 0.1) is 0 Å². The Labute approximate surface area is 146 Å². The van der Waals surface area contributed by atoms with Crippen molar-refractivity contribution in [3.05, 3.63) is 52.3 Å². The Morgan fingerprint density at radius 1 is 1.17 bits per heavy atom. The molecule has 0 spiro atoms. The summed E-state index contributed by atoms with van der Waals surface area (Å²) >= 11 is 12.2. The fourth-order valence-corrected chi connectivity index (χ4v) is 3.26. The molecule has 1 fully saturated rings. The highest BCUT2D eigenvalue weighted by molar-refractivity contribution is 6.33. The van der Waals surface area contributed by atoms with Crippen LogP contribution in [-0.4, -0.2) is 24.2 Å². The normalized spacial score (nSPS) is 15.8. The number of anilines is 2. The summed E-state index contributed by atoms with van der Waals surface area (Å²) in [6.07, 6.45) is 3.86. The Morgan fingerprint density at radius 3 is 2.65 bits per heavy atom. The number of hydrogen-bond acceptors (Lipinski definition) is 4. The van der Waals surface area contributed by atoms with Gasteiger partial charge in [-0.1, -0.05) is 23.2 Å². The minimum atomic E-state index is 0.236.